The number of unbranched alkanes of at least 4 members (excludes halogenated alkanes) is 22. The molecule has 0 aromatic heterocycles. The molecule has 0 aliphatic heterocycles. The Morgan fingerprint density at radius 3 is 1.02 bits per heavy atom. The molecule has 0 saturated carbocycles. The van der Waals surface area contributed by atoms with Gasteiger partial charge in [-0.15, -0.1) is 0 Å². The molecule has 0 rings (SSSR count). The predicted molar refractivity (Wildman–Crippen MR) is 279 cm³/mol. The Morgan fingerprint density at radius 2 is 0.615 bits per heavy atom. The Balaban J connectivity index is 4.52. The average molecular weight is 903 g/mol. The molecule has 0 aliphatic rings. The van der Waals surface area contributed by atoms with Crippen molar-refractivity contribution in [2.45, 2.75) is 245 Å². The summed E-state index contributed by atoms with van der Waals surface area (Å²) in [5, 5.41) is 0. The maximum atomic E-state index is 12.8. The minimum Gasteiger partial charge on any atom is -0.462 e. The van der Waals surface area contributed by atoms with E-state index in [1.54, 1.807) is 0 Å². The Kier molecular flexibility index (Phi) is 50.0. The Hall–Kier alpha value is -3.67. The van der Waals surface area contributed by atoms with Crippen molar-refractivity contribution in [1.82, 2.24) is 0 Å². The van der Waals surface area contributed by atoms with Gasteiger partial charge < -0.3 is 14.2 Å². The van der Waals surface area contributed by atoms with E-state index in [1.807, 2.05) is 0 Å². The minimum absolute atomic E-state index is 0.107. The number of ether oxygens (including phenoxy) is 3. The Morgan fingerprint density at radius 1 is 0.323 bits per heavy atom. The number of rotatable bonds is 47. The molecule has 0 spiro atoms. The molecule has 0 radical (unpaired) electrons. The van der Waals surface area contributed by atoms with Crippen molar-refractivity contribution in [3.05, 3.63) is 97.2 Å². The lowest BCUT2D eigenvalue weighted by molar-refractivity contribution is -0.167. The summed E-state index contributed by atoms with van der Waals surface area (Å²) in [5.74, 6) is -0.989. The zero-order valence-electron chi connectivity index (χ0n) is 42.2. The van der Waals surface area contributed by atoms with Crippen LogP contribution in [0, 0.1) is 0 Å². The highest BCUT2D eigenvalue weighted by molar-refractivity contribution is 5.71. The van der Waals surface area contributed by atoms with Crippen molar-refractivity contribution in [2.24, 2.45) is 0 Å². The highest BCUT2D eigenvalue weighted by atomic mass is 16.6. The standard InChI is InChI=1S/C59H98O6/c1-4-7-10-13-16-19-22-25-28-29-32-34-37-40-43-46-49-52-58(61)64-55-56(65-59(62)53-50-47-44-41-38-35-31-27-24-21-18-15-12-9-6-3)54-63-57(60)51-48-45-42-39-36-33-30-26-23-20-17-14-11-8-5-2/h16-21,23-28,32,34,40,43,56H,4-15,22,29-31,33,35-39,41-42,44-55H2,1-3H3/b19-16-,20-17-,21-18-,26-23-,27-24-,28-25-,34-32-,43-40-. The number of hydrogen-bond acceptors (Lipinski definition) is 6. The fourth-order valence-electron chi connectivity index (χ4n) is 7.00. The third-order valence-electron chi connectivity index (χ3n) is 11.1. The molecule has 0 bridgehead atoms. The summed E-state index contributed by atoms with van der Waals surface area (Å²) in [5.41, 5.74) is 0. The lowest BCUT2D eigenvalue weighted by Gasteiger charge is -2.18. The molecule has 370 valence electrons. The summed E-state index contributed by atoms with van der Waals surface area (Å²) in [6.45, 7) is 6.48. The van der Waals surface area contributed by atoms with Crippen molar-refractivity contribution < 1.29 is 28.6 Å². The molecule has 0 N–H and O–H groups in total. The summed E-state index contributed by atoms with van der Waals surface area (Å²) in [7, 11) is 0. The van der Waals surface area contributed by atoms with Gasteiger partial charge in [0.15, 0.2) is 6.10 Å². The maximum absolute atomic E-state index is 12.8. The van der Waals surface area contributed by atoms with Crippen LogP contribution in [-0.4, -0.2) is 37.2 Å². The quantitative estimate of drug-likeness (QED) is 0.0199. The van der Waals surface area contributed by atoms with Gasteiger partial charge in [-0.2, -0.15) is 0 Å². The third-order valence-corrected chi connectivity index (χ3v) is 11.1. The molecule has 0 aromatic carbocycles. The van der Waals surface area contributed by atoms with E-state index in [0.29, 0.717) is 19.3 Å². The summed E-state index contributed by atoms with van der Waals surface area (Å²) in [6, 6.07) is 0. The van der Waals surface area contributed by atoms with Crippen LogP contribution in [0.3, 0.4) is 0 Å². The van der Waals surface area contributed by atoms with Crippen LogP contribution >= 0.6 is 0 Å². The van der Waals surface area contributed by atoms with Gasteiger partial charge >= 0.3 is 17.9 Å². The number of carbonyl (C=O) groups excluding carboxylic acids is 3. The number of allylic oxidation sites excluding steroid dienone is 16. The van der Waals surface area contributed by atoms with Crippen molar-refractivity contribution in [3.8, 4) is 0 Å². The van der Waals surface area contributed by atoms with Gasteiger partial charge in [-0.25, -0.2) is 0 Å². The van der Waals surface area contributed by atoms with Crippen molar-refractivity contribution in [1.29, 1.82) is 0 Å². The zero-order chi connectivity index (χ0) is 47.2. The highest BCUT2D eigenvalue weighted by Gasteiger charge is 2.19. The van der Waals surface area contributed by atoms with Crippen molar-refractivity contribution in [3.63, 3.8) is 0 Å². The van der Waals surface area contributed by atoms with Gasteiger partial charge in [0.1, 0.15) is 13.2 Å². The summed E-state index contributed by atoms with van der Waals surface area (Å²) in [4.78, 5) is 38.0. The molecule has 1 unspecified atom stereocenters. The first-order chi connectivity index (χ1) is 32.0. The summed E-state index contributed by atoms with van der Waals surface area (Å²) in [6.07, 6.45) is 69.6. The Labute approximate surface area is 400 Å². The van der Waals surface area contributed by atoms with Gasteiger partial charge in [0, 0.05) is 19.3 Å². The highest BCUT2D eigenvalue weighted by Crippen LogP contribution is 2.13. The first kappa shape index (κ1) is 61.3. The molecule has 65 heavy (non-hydrogen) atoms. The zero-order valence-corrected chi connectivity index (χ0v) is 42.2. The molecule has 0 heterocycles. The van der Waals surface area contributed by atoms with Crippen molar-refractivity contribution in [2.75, 3.05) is 13.2 Å². The Bertz CT molecular complexity index is 1310. The molecule has 0 aromatic rings. The van der Waals surface area contributed by atoms with Crippen LogP contribution < -0.4 is 0 Å². The van der Waals surface area contributed by atoms with Crippen LogP contribution in [0.4, 0.5) is 0 Å². The van der Waals surface area contributed by atoms with E-state index in [2.05, 4.69) is 118 Å². The van der Waals surface area contributed by atoms with E-state index in [1.165, 1.54) is 103 Å². The van der Waals surface area contributed by atoms with Crippen molar-refractivity contribution >= 4 is 17.9 Å². The number of hydrogen-bond donors (Lipinski definition) is 0. The lowest BCUT2D eigenvalue weighted by Crippen LogP contribution is -2.30. The molecule has 0 aliphatic carbocycles. The summed E-state index contributed by atoms with van der Waals surface area (Å²) < 4.78 is 16.8. The molecule has 6 heteroatoms. The maximum Gasteiger partial charge on any atom is 0.306 e. The van der Waals surface area contributed by atoms with E-state index in [-0.39, 0.29) is 37.5 Å². The second-order valence-corrected chi connectivity index (χ2v) is 17.5. The average Bonchev–Trinajstić information content (AvgIpc) is 3.30. The molecular weight excluding hydrogens is 805 g/mol. The lowest BCUT2D eigenvalue weighted by atomic mass is 10.1. The van der Waals surface area contributed by atoms with Crippen LogP contribution in [0.1, 0.15) is 239 Å². The first-order valence-corrected chi connectivity index (χ1v) is 26.8. The summed E-state index contributed by atoms with van der Waals surface area (Å²) >= 11 is 0. The molecule has 1 atom stereocenters. The SMILES string of the molecule is CCCCC/C=C\C=C/CCCCCCCCC(=O)OCC(COC(=O)CCC/C=C\C/C=C\C/C=C\C/C=C\CCCCC)OC(=O)CCCCCCCC/C=C\C=C/CCCCC. The fourth-order valence-corrected chi connectivity index (χ4v) is 7.00. The van der Waals surface area contributed by atoms with E-state index >= 15 is 0 Å². The van der Waals surface area contributed by atoms with Gasteiger partial charge in [0.25, 0.3) is 0 Å². The van der Waals surface area contributed by atoms with E-state index in [4.69, 9.17) is 14.2 Å². The van der Waals surface area contributed by atoms with Gasteiger partial charge in [-0.1, -0.05) is 208 Å². The number of carbonyl (C=O) groups is 3. The van der Waals surface area contributed by atoms with Gasteiger partial charge in [0.05, 0.1) is 0 Å². The van der Waals surface area contributed by atoms with Crippen LogP contribution in [-0.2, 0) is 28.6 Å². The van der Waals surface area contributed by atoms with Gasteiger partial charge in [-0.05, 0) is 109 Å². The van der Waals surface area contributed by atoms with Crippen LogP contribution in [0.2, 0.25) is 0 Å². The minimum atomic E-state index is -0.811. The third kappa shape index (κ3) is 51.2. The molecule has 0 fully saturated rings. The second-order valence-electron chi connectivity index (χ2n) is 17.5. The smallest absolute Gasteiger partial charge is 0.306 e. The first-order valence-electron chi connectivity index (χ1n) is 26.8. The largest absolute Gasteiger partial charge is 0.462 e. The number of esters is 3. The second kappa shape index (κ2) is 52.9. The monoisotopic (exact) mass is 903 g/mol. The molecular formula is C59H98O6. The predicted octanol–water partition coefficient (Wildman–Crippen LogP) is 17.8. The topological polar surface area (TPSA) is 78.9 Å². The fraction of sp³-hybridized carbons (Fsp3) is 0.678. The molecule has 6 nitrogen and oxygen atoms in total. The van der Waals surface area contributed by atoms with Crippen LogP contribution in [0.25, 0.3) is 0 Å². The van der Waals surface area contributed by atoms with E-state index < -0.39 is 6.10 Å². The normalized spacial score (nSPS) is 12.8. The van der Waals surface area contributed by atoms with E-state index in [0.717, 1.165) is 89.9 Å². The van der Waals surface area contributed by atoms with Gasteiger partial charge in [-0.3, -0.25) is 14.4 Å². The van der Waals surface area contributed by atoms with Crippen LogP contribution in [0.15, 0.2) is 97.2 Å². The molecule has 0 amide bonds. The van der Waals surface area contributed by atoms with Crippen LogP contribution in [0.5, 0.6) is 0 Å². The van der Waals surface area contributed by atoms with Gasteiger partial charge in [0.2, 0.25) is 0 Å². The van der Waals surface area contributed by atoms with E-state index in [9.17, 15) is 14.4 Å². The molecule has 0 saturated heterocycles.